The quantitative estimate of drug-likeness (QED) is 0.490. The molecule has 1 aromatic heterocycles. The highest BCUT2D eigenvalue weighted by Gasteiger charge is 2.14. The van der Waals surface area contributed by atoms with E-state index in [4.69, 9.17) is 0 Å². The molecule has 20 heavy (non-hydrogen) atoms. The SMILES string of the molecule is CN=C(NCCCc1cnn(C)c1)NC1CCCCC1. The number of rotatable bonds is 5. The van der Waals surface area contributed by atoms with Gasteiger partial charge in [-0.1, -0.05) is 19.3 Å². The zero-order valence-electron chi connectivity index (χ0n) is 12.7. The molecule has 5 heteroatoms. The number of aliphatic imine (C=N–C) groups is 1. The van der Waals surface area contributed by atoms with Crippen molar-refractivity contribution in [1.29, 1.82) is 0 Å². The van der Waals surface area contributed by atoms with Crippen molar-refractivity contribution in [2.24, 2.45) is 12.0 Å². The standard InChI is InChI=1S/C15H27N5/c1-16-15(19-14-8-4-3-5-9-14)17-10-6-7-13-11-18-20(2)12-13/h11-12,14H,3-10H2,1-2H3,(H2,16,17,19). The Morgan fingerprint density at radius 2 is 2.20 bits per heavy atom. The van der Waals surface area contributed by atoms with Gasteiger partial charge < -0.3 is 10.6 Å². The Kier molecular flexibility index (Phi) is 5.89. The fourth-order valence-electron chi connectivity index (χ4n) is 2.74. The summed E-state index contributed by atoms with van der Waals surface area (Å²) in [6.45, 7) is 0.946. The molecule has 0 radical (unpaired) electrons. The largest absolute Gasteiger partial charge is 0.356 e. The Bertz CT molecular complexity index is 418. The number of aryl methyl sites for hydroxylation is 2. The number of guanidine groups is 1. The summed E-state index contributed by atoms with van der Waals surface area (Å²) in [5.74, 6) is 0.947. The van der Waals surface area contributed by atoms with E-state index in [1.165, 1.54) is 37.7 Å². The van der Waals surface area contributed by atoms with Gasteiger partial charge in [0, 0.05) is 32.9 Å². The van der Waals surface area contributed by atoms with Crippen LogP contribution < -0.4 is 10.6 Å². The van der Waals surface area contributed by atoms with E-state index in [9.17, 15) is 0 Å². The molecule has 1 aliphatic rings. The van der Waals surface area contributed by atoms with E-state index in [-0.39, 0.29) is 0 Å². The number of hydrogen-bond donors (Lipinski definition) is 2. The van der Waals surface area contributed by atoms with Crippen LogP contribution in [0.15, 0.2) is 17.4 Å². The zero-order valence-corrected chi connectivity index (χ0v) is 12.7. The van der Waals surface area contributed by atoms with Crippen molar-refractivity contribution in [3.05, 3.63) is 18.0 Å². The number of aromatic nitrogens is 2. The molecule has 0 unspecified atom stereocenters. The van der Waals surface area contributed by atoms with Crippen LogP contribution in [0.2, 0.25) is 0 Å². The van der Waals surface area contributed by atoms with Crippen LogP contribution in [0.4, 0.5) is 0 Å². The van der Waals surface area contributed by atoms with E-state index >= 15 is 0 Å². The second-order valence-corrected chi connectivity index (χ2v) is 5.60. The Hall–Kier alpha value is -1.52. The molecule has 2 N–H and O–H groups in total. The summed E-state index contributed by atoms with van der Waals surface area (Å²) in [7, 11) is 3.80. The van der Waals surface area contributed by atoms with Gasteiger partial charge in [-0.15, -0.1) is 0 Å². The fraction of sp³-hybridized carbons (Fsp3) is 0.733. The van der Waals surface area contributed by atoms with Gasteiger partial charge in [0.05, 0.1) is 6.20 Å². The van der Waals surface area contributed by atoms with E-state index in [1.807, 2.05) is 25.0 Å². The Morgan fingerprint density at radius 3 is 2.85 bits per heavy atom. The van der Waals surface area contributed by atoms with E-state index in [1.54, 1.807) is 0 Å². The number of nitrogens with one attached hydrogen (secondary N) is 2. The summed E-state index contributed by atoms with van der Waals surface area (Å²) >= 11 is 0. The molecule has 0 bridgehead atoms. The summed E-state index contributed by atoms with van der Waals surface area (Å²) < 4.78 is 1.85. The molecule has 1 aliphatic carbocycles. The maximum atomic E-state index is 4.31. The first kappa shape index (κ1) is 14.9. The molecule has 1 saturated carbocycles. The molecular formula is C15H27N5. The lowest BCUT2D eigenvalue weighted by molar-refractivity contribution is 0.410. The third-order valence-corrected chi connectivity index (χ3v) is 3.86. The van der Waals surface area contributed by atoms with E-state index in [2.05, 4.69) is 26.9 Å². The average Bonchev–Trinajstić information content (AvgIpc) is 2.89. The highest BCUT2D eigenvalue weighted by Crippen LogP contribution is 2.17. The van der Waals surface area contributed by atoms with Gasteiger partial charge in [-0.3, -0.25) is 9.67 Å². The van der Waals surface area contributed by atoms with E-state index < -0.39 is 0 Å². The van der Waals surface area contributed by atoms with Gasteiger partial charge in [0.25, 0.3) is 0 Å². The zero-order chi connectivity index (χ0) is 14.2. The van der Waals surface area contributed by atoms with Crippen LogP contribution in [0.25, 0.3) is 0 Å². The molecule has 0 amide bonds. The van der Waals surface area contributed by atoms with Gasteiger partial charge in [0.2, 0.25) is 0 Å². The normalized spacial score (nSPS) is 17.2. The first-order valence-corrected chi connectivity index (χ1v) is 7.72. The molecule has 1 aromatic rings. The third-order valence-electron chi connectivity index (χ3n) is 3.86. The van der Waals surface area contributed by atoms with Gasteiger partial charge in [0.1, 0.15) is 0 Å². The molecule has 1 fully saturated rings. The predicted molar refractivity (Wildman–Crippen MR) is 82.9 cm³/mol. The lowest BCUT2D eigenvalue weighted by Gasteiger charge is -2.24. The smallest absolute Gasteiger partial charge is 0.191 e. The molecule has 0 aromatic carbocycles. The van der Waals surface area contributed by atoms with Crippen molar-refractivity contribution in [3.8, 4) is 0 Å². The molecule has 1 heterocycles. The van der Waals surface area contributed by atoms with Crippen LogP contribution in [-0.2, 0) is 13.5 Å². The summed E-state index contributed by atoms with van der Waals surface area (Å²) in [4.78, 5) is 4.31. The maximum Gasteiger partial charge on any atom is 0.191 e. The van der Waals surface area contributed by atoms with Crippen LogP contribution in [0.3, 0.4) is 0 Å². The van der Waals surface area contributed by atoms with Crippen LogP contribution in [-0.4, -0.2) is 35.4 Å². The maximum absolute atomic E-state index is 4.31. The average molecular weight is 277 g/mol. The van der Waals surface area contributed by atoms with Gasteiger partial charge in [0.15, 0.2) is 5.96 Å². The third kappa shape index (κ3) is 4.87. The topological polar surface area (TPSA) is 54.2 Å². The Balaban J connectivity index is 1.63. The van der Waals surface area contributed by atoms with Gasteiger partial charge >= 0.3 is 0 Å². The predicted octanol–water partition coefficient (Wildman–Crippen LogP) is 1.85. The van der Waals surface area contributed by atoms with Crippen molar-refractivity contribution in [2.45, 2.75) is 51.0 Å². The molecule has 0 spiro atoms. The number of hydrogen-bond acceptors (Lipinski definition) is 2. The van der Waals surface area contributed by atoms with E-state index in [0.717, 1.165) is 25.3 Å². The van der Waals surface area contributed by atoms with Crippen molar-refractivity contribution in [3.63, 3.8) is 0 Å². The van der Waals surface area contributed by atoms with Gasteiger partial charge in [-0.25, -0.2) is 0 Å². The van der Waals surface area contributed by atoms with E-state index in [0.29, 0.717) is 6.04 Å². The molecule has 2 rings (SSSR count). The van der Waals surface area contributed by atoms with Crippen molar-refractivity contribution in [2.75, 3.05) is 13.6 Å². The first-order chi connectivity index (χ1) is 9.78. The minimum Gasteiger partial charge on any atom is -0.356 e. The summed E-state index contributed by atoms with van der Waals surface area (Å²) in [6.07, 6.45) is 12.8. The minimum absolute atomic E-state index is 0.605. The van der Waals surface area contributed by atoms with Gasteiger partial charge in [-0.2, -0.15) is 5.10 Å². The molecule has 112 valence electrons. The molecule has 0 saturated heterocycles. The summed E-state index contributed by atoms with van der Waals surface area (Å²) in [5, 5.41) is 11.1. The van der Waals surface area contributed by atoms with Crippen molar-refractivity contribution in [1.82, 2.24) is 20.4 Å². The molecule has 5 nitrogen and oxygen atoms in total. The van der Waals surface area contributed by atoms with Crippen LogP contribution in [0, 0.1) is 0 Å². The summed E-state index contributed by atoms with van der Waals surface area (Å²) in [6, 6.07) is 0.605. The minimum atomic E-state index is 0.605. The van der Waals surface area contributed by atoms with Crippen molar-refractivity contribution >= 4 is 5.96 Å². The van der Waals surface area contributed by atoms with Gasteiger partial charge in [-0.05, 0) is 31.2 Å². The lowest BCUT2D eigenvalue weighted by atomic mass is 9.96. The Labute approximate surface area is 121 Å². The van der Waals surface area contributed by atoms with Crippen molar-refractivity contribution < 1.29 is 0 Å². The summed E-state index contributed by atoms with van der Waals surface area (Å²) in [5.41, 5.74) is 1.30. The van der Waals surface area contributed by atoms with Crippen LogP contribution in [0.5, 0.6) is 0 Å². The highest BCUT2D eigenvalue weighted by molar-refractivity contribution is 5.79. The monoisotopic (exact) mass is 277 g/mol. The number of nitrogens with zero attached hydrogens (tertiary/aromatic N) is 3. The fourth-order valence-corrected chi connectivity index (χ4v) is 2.74. The molecule has 0 aliphatic heterocycles. The van der Waals surface area contributed by atoms with Crippen LogP contribution >= 0.6 is 0 Å². The molecule has 0 atom stereocenters. The van der Waals surface area contributed by atoms with Crippen LogP contribution in [0.1, 0.15) is 44.1 Å². The lowest BCUT2D eigenvalue weighted by Crippen LogP contribution is -2.44. The first-order valence-electron chi connectivity index (χ1n) is 7.72. The Morgan fingerprint density at radius 1 is 1.40 bits per heavy atom. The highest BCUT2D eigenvalue weighted by atomic mass is 15.2. The second-order valence-electron chi connectivity index (χ2n) is 5.60. The second kappa shape index (κ2) is 7.92. The molecular weight excluding hydrogens is 250 g/mol.